The molecule has 0 bridgehead atoms. The van der Waals surface area contributed by atoms with Gasteiger partial charge in [0, 0.05) is 30.7 Å². The molecule has 0 radical (unpaired) electrons. The Morgan fingerprint density at radius 2 is 1.95 bits per heavy atom. The zero-order valence-electron chi connectivity index (χ0n) is 11.1. The van der Waals surface area contributed by atoms with Gasteiger partial charge in [0.25, 0.3) is 0 Å². The first kappa shape index (κ1) is 13.9. The van der Waals surface area contributed by atoms with Gasteiger partial charge in [-0.25, -0.2) is 4.98 Å². The highest BCUT2D eigenvalue weighted by Gasteiger charge is 2.08. The van der Waals surface area contributed by atoms with E-state index < -0.39 is 0 Å². The van der Waals surface area contributed by atoms with E-state index in [1.807, 2.05) is 24.4 Å². The SMILES string of the molecule is COc1ccc(CN(C)c2ncccc2CBr)cc1. The van der Waals surface area contributed by atoms with Crippen LogP contribution in [0.2, 0.25) is 0 Å². The highest BCUT2D eigenvalue weighted by Crippen LogP contribution is 2.21. The number of benzene rings is 1. The van der Waals surface area contributed by atoms with Crippen LogP contribution in [0, 0.1) is 0 Å². The van der Waals surface area contributed by atoms with Crippen molar-refractivity contribution in [2.45, 2.75) is 11.9 Å². The van der Waals surface area contributed by atoms with Gasteiger partial charge in [0.05, 0.1) is 7.11 Å². The third-order valence-electron chi connectivity index (χ3n) is 2.95. The summed E-state index contributed by atoms with van der Waals surface area (Å²) in [5, 5.41) is 0.809. The van der Waals surface area contributed by atoms with E-state index in [0.29, 0.717) is 0 Å². The van der Waals surface area contributed by atoms with Gasteiger partial charge in [-0.3, -0.25) is 0 Å². The number of alkyl halides is 1. The first-order valence-electron chi connectivity index (χ1n) is 6.08. The summed E-state index contributed by atoms with van der Waals surface area (Å²) in [6.45, 7) is 0.820. The first-order chi connectivity index (χ1) is 9.24. The van der Waals surface area contributed by atoms with Crippen LogP contribution in [0.1, 0.15) is 11.1 Å². The van der Waals surface area contributed by atoms with Gasteiger partial charge >= 0.3 is 0 Å². The number of hydrogen-bond acceptors (Lipinski definition) is 3. The highest BCUT2D eigenvalue weighted by atomic mass is 79.9. The Morgan fingerprint density at radius 3 is 2.58 bits per heavy atom. The molecule has 0 aliphatic carbocycles. The van der Waals surface area contributed by atoms with Crippen LogP contribution in [0.25, 0.3) is 0 Å². The summed E-state index contributed by atoms with van der Waals surface area (Å²) in [6, 6.07) is 12.2. The van der Waals surface area contributed by atoms with Gasteiger partial charge < -0.3 is 9.64 Å². The van der Waals surface area contributed by atoms with Crippen molar-refractivity contribution in [1.82, 2.24) is 4.98 Å². The Balaban J connectivity index is 2.13. The second kappa shape index (κ2) is 6.57. The van der Waals surface area contributed by atoms with E-state index in [1.54, 1.807) is 7.11 Å². The number of anilines is 1. The molecule has 0 unspecified atom stereocenters. The molecule has 0 saturated carbocycles. The van der Waals surface area contributed by atoms with Crippen LogP contribution in [-0.4, -0.2) is 19.1 Å². The van der Waals surface area contributed by atoms with Crippen molar-refractivity contribution in [1.29, 1.82) is 0 Å². The van der Waals surface area contributed by atoms with E-state index in [2.05, 4.69) is 51.1 Å². The number of halogens is 1. The van der Waals surface area contributed by atoms with E-state index in [4.69, 9.17) is 4.74 Å². The van der Waals surface area contributed by atoms with Crippen LogP contribution in [0.3, 0.4) is 0 Å². The molecule has 0 atom stereocenters. The van der Waals surface area contributed by atoms with Crippen LogP contribution in [0.5, 0.6) is 5.75 Å². The minimum atomic E-state index is 0.809. The lowest BCUT2D eigenvalue weighted by Gasteiger charge is -2.20. The van der Waals surface area contributed by atoms with E-state index in [0.717, 1.165) is 23.4 Å². The molecule has 0 aliphatic rings. The highest BCUT2D eigenvalue weighted by molar-refractivity contribution is 9.08. The molecule has 0 amide bonds. The summed E-state index contributed by atoms with van der Waals surface area (Å²) < 4.78 is 5.16. The summed E-state index contributed by atoms with van der Waals surface area (Å²) in [5.41, 5.74) is 2.42. The molecule has 1 aromatic carbocycles. The lowest BCUT2D eigenvalue weighted by Crippen LogP contribution is -2.19. The number of nitrogens with zero attached hydrogens (tertiary/aromatic N) is 2. The van der Waals surface area contributed by atoms with Gasteiger partial charge in [-0.05, 0) is 23.8 Å². The van der Waals surface area contributed by atoms with Gasteiger partial charge in [0.1, 0.15) is 11.6 Å². The maximum Gasteiger partial charge on any atom is 0.132 e. The number of hydrogen-bond donors (Lipinski definition) is 0. The van der Waals surface area contributed by atoms with Crippen molar-refractivity contribution in [3.63, 3.8) is 0 Å². The molecule has 2 rings (SSSR count). The zero-order valence-corrected chi connectivity index (χ0v) is 12.7. The summed E-state index contributed by atoms with van der Waals surface area (Å²) in [7, 11) is 3.73. The molecule has 0 aliphatic heterocycles. The van der Waals surface area contributed by atoms with E-state index >= 15 is 0 Å². The Labute approximate surface area is 122 Å². The van der Waals surface area contributed by atoms with Gasteiger partial charge in [-0.1, -0.05) is 34.1 Å². The zero-order chi connectivity index (χ0) is 13.7. The van der Waals surface area contributed by atoms with Crippen molar-refractivity contribution in [3.8, 4) is 5.75 Å². The van der Waals surface area contributed by atoms with Crippen molar-refractivity contribution < 1.29 is 4.74 Å². The molecule has 4 heteroatoms. The predicted octanol–water partition coefficient (Wildman–Crippen LogP) is 3.62. The summed E-state index contributed by atoms with van der Waals surface area (Å²) in [5.74, 6) is 1.89. The number of methoxy groups -OCH3 is 1. The fraction of sp³-hybridized carbons (Fsp3) is 0.267. The average Bonchev–Trinajstić information content (AvgIpc) is 2.48. The Bertz CT molecular complexity index is 528. The maximum absolute atomic E-state index is 5.16. The molecule has 2 aromatic rings. The smallest absolute Gasteiger partial charge is 0.132 e. The Hall–Kier alpha value is -1.55. The predicted molar refractivity (Wildman–Crippen MR) is 82.0 cm³/mol. The Kier molecular flexibility index (Phi) is 4.80. The summed E-state index contributed by atoms with van der Waals surface area (Å²) >= 11 is 3.50. The van der Waals surface area contributed by atoms with E-state index in [-0.39, 0.29) is 0 Å². The third kappa shape index (κ3) is 3.47. The van der Waals surface area contributed by atoms with Crippen LogP contribution < -0.4 is 9.64 Å². The standard InChI is InChI=1S/C15H17BrN2O/c1-18(15-13(10-16)4-3-9-17-15)11-12-5-7-14(19-2)8-6-12/h3-9H,10-11H2,1-2H3. The maximum atomic E-state index is 5.16. The van der Waals surface area contributed by atoms with Crippen molar-refractivity contribution >= 4 is 21.7 Å². The summed E-state index contributed by atoms with van der Waals surface area (Å²) in [4.78, 5) is 6.60. The minimum Gasteiger partial charge on any atom is -0.497 e. The van der Waals surface area contributed by atoms with Crippen LogP contribution in [0.4, 0.5) is 5.82 Å². The van der Waals surface area contributed by atoms with Crippen molar-refractivity contribution in [3.05, 3.63) is 53.7 Å². The summed E-state index contributed by atoms with van der Waals surface area (Å²) in [6.07, 6.45) is 1.83. The Morgan fingerprint density at radius 1 is 1.21 bits per heavy atom. The minimum absolute atomic E-state index is 0.809. The molecule has 100 valence electrons. The van der Waals surface area contributed by atoms with E-state index in [1.165, 1.54) is 11.1 Å². The molecule has 1 aromatic heterocycles. The second-order valence-corrected chi connectivity index (χ2v) is 4.88. The second-order valence-electron chi connectivity index (χ2n) is 4.32. The fourth-order valence-electron chi connectivity index (χ4n) is 1.96. The lowest BCUT2D eigenvalue weighted by atomic mass is 10.2. The molecular formula is C15H17BrN2O. The monoisotopic (exact) mass is 320 g/mol. The third-order valence-corrected chi connectivity index (χ3v) is 3.56. The fourth-order valence-corrected chi connectivity index (χ4v) is 2.40. The van der Waals surface area contributed by atoms with Gasteiger partial charge in [-0.15, -0.1) is 0 Å². The molecule has 3 nitrogen and oxygen atoms in total. The number of aromatic nitrogens is 1. The number of pyridine rings is 1. The largest absolute Gasteiger partial charge is 0.497 e. The number of rotatable bonds is 5. The molecule has 0 N–H and O–H groups in total. The van der Waals surface area contributed by atoms with Crippen LogP contribution in [0.15, 0.2) is 42.6 Å². The quantitative estimate of drug-likeness (QED) is 0.787. The number of ether oxygens (including phenoxy) is 1. The normalized spacial score (nSPS) is 10.3. The molecule has 0 saturated heterocycles. The average molecular weight is 321 g/mol. The van der Waals surface area contributed by atoms with Crippen molar-refractivity contribution in [2.75, 3.05) is 19.1 Å². The van der Waals surface area contributed by atoms with Gasteiger partial charge in [-0.2, -0.15) is 0 Å². The molecule has 0 fully saturated rings. The molecule has 0 spiro atoms. The van der Waals surface area contributed by atoms with Crippen LogP contribution in [-0.2, 0) is 11.9 Å². The van der Waals surface area contributed by atoms with Crippen molar-refractivity contribution in [2.24, 2.45) is 0 Å². The van der Waals surface area contributed by atoms with Crippen LogP contribution >= 0.6 is 15.9 Å². The van der Waals surface area contributed by atoms with Gasteiger partial charge in [0.2, 0.25) is 0 Å². The lowest BCUT2D eigenvalue weighted by molar-refractivity contribution is 0.414. The molecule has 19 heavy (non-hydrogen) atoms. The van der Waals surface area contributed by atoms with Gasteiger partial charge in [0.15, 0.2) is 0 Å². The topological polar surface area (TPSA) is 25.4 Å². The molecular weight excluding hydrogens is 304 g/mol. The first-order valence-corrected chi connectivity index (χ1v) is 7.20. The molecule has 1 heterocycles. The van der Waals surface area contributed by atoms with E-state index in [9.17, 15) is 0 Å².